The normalized spacial score (nSPS) is 11.6. The molecule has 0 spiro atoms. The van der Waals surface area contributed by atoms with Crippen LogP contribution in [0.25, 0.3) is 5.69 Å². The van der Waals surface area contributed by atoms with Crippen molar-refractivity contribution < 1.29 is 18.0 Å². The average Bonchev–Trinajstić information content (AvgIpc) is 3.17. The Balaban J connectivity index is 1.52. The predicted octanol–water partition coefficient (Wildman–Crippen LogP) is 2.73. The summed E-state index contributed by atoms with van der Waals surface area (Å²) in [5.41, 5.74) is 3.50. The second-order valence-corrected chi connectivity index (χ2v) is 8.94. The van der Waals surface area contributed by atoms with Gasteiger partial charge < -0.3 is 5.32 Å². The van der Waals surface area contributed by atoms with Gasteiger partial charge in [0.1, 0.15) is 0 Å². The smallest absolute Gasteiger partial charge is 0.264 e. The molecule has 9 heteroatoms. The van der Waals surface area contributed by atoms with Crippen LogP contribution in [0.3, 0.4) is 0 Å². The summed E-state index contributed by atoms with van der Waals surface area (Å²) in [6.07, 6.45) is 3.57. The predicted molar refractivity (Wildman–Crippen MR) is 117 cm³/mol. The lowest BCUT2D eigenvalue weighted by Gasteiger charge is -2.14. The number of amides is 1. The van der Waals surface area contributed by atoms with E-state index in [0.29, 0.717) is 12.1 Å². The van der Waals surface area contributed by atoms with Crippen molar-refractivity contribution >= 4 is 15.9 Å². The Hall–Kier alpha value is -3.01. The number of carbonyl (C=O) groups is 1. The van der Waals surface area contributed by atoms with Crippen LogP contribution in [0.2, 0.25) is 0 Å². The molecule has 2 aromatic carbocycles. The first kappa shape index (κ1) is 22.7. The van der Waals surface area contributed by atoms with Gasteiger partial charge in [-0.2, -0.15) is 5.10 Å². The molecule has 0 saturated carbocycles. The fourth-order valence-electron chi connectivity index (χ4n) is 3.06. The zero-order chi connectivity index (χ0) is 22.4. The van der Waals surface area contributed by atoms with Gasteiger partial charge >= 0.3 is 0 Å². The van der Waals surface area contributed by atoms with Crippen molar-refractivity contribution in [2.75, 3.05) is 20.7 Å². The maximum atomic E-state index is 12.4. The van der Waals surface area contributed by atoms with Crippen LogP contribution in [-0.4, -0.2) is 49.3 Å². The van der Waals surface area contributed by atoms with E-state index in [0.717, 1.165) is 34.3 Å². The van der Waals surface area contributed by atoms with Crippen LogP contribution in [0.1, 0.15) is 28.0 Å². The summed E-state index contributed by atoms with van der Waals surface area (Å²) in [7, 11) is -1.16. The van der Waals surface area contributed by atoms with Gasteiger partial charge in [-0.15, -0.1) is 0 Å². The molecule has 3 rings (SSSR count). The first-order valence-electron chi connectivity index (χ1n) is 9.85. The lowest BCUT2D eigenvalue weighted by molar-refractivity contribution is -0.0258. The molecular formula is C22H26N4O4S. The third-order valence-corrected chi connectivity index (χ3v) is 6.63. The van der Waals surface area contributed by atoms with E-state index >= 15 is 0 Å². The molecule has 1 heterocycles. The van der Waals surface area contributed by atoms with Gasteiger partial charge in [-0.25, -0.2) is 13.1 Å². The molecule has 0 radical (unpaired) electrons. The van der Waals surface area contributed by atoms with Crippen LogP contribution >= 0.6 is 0 Å². The molecule has 0 aliphatic heterocycles. The Kier molecular flexibility index (Phi) is 7.21. The van der Waals surface area contributed by atoms with Gasteiger partial charge in [0.2, 0.25) is 0 Å². The van der Waals surface area contributed by atoms with Crippen LogP contribution in [-0.2, 0) is 21.3 Å². The molecule has 0 aliphatic rings. The first-order chi connectivity index (χ1) is 14.8. The Morgan fingerprint density at radius 2 is 1.81 bits per heavy atom. The van der Waals surface area contributed by atoms with Crippen molar-refractivity contribution in [2.45, 2.75) is 24.7 Å². The molecular weight excluding hydrogens is 416 g/mol. The van der Waals surface area contributed by atoms with E-state index in [1.54, 1.807) is 0 Å². The number of carbonyl (C=O) groups excluding carboxylic acids is 1. The zero-order valence-corrected chi connectivity index (χ0v) is 18.6. The molecule has 1 N–H and O–H groups in total. The minimum atomic E-state index is -3.73. The van der Waals surface area contributed by atoms with E-state index in [1.807, 2.05) is 48.1 Å². The molecule has 0 unspecified atom stereocenters. The molecule has 0 fully saturated rings. The largest absolute Gasteiger partial charge is 0.352 e. The second kappa shape index (κ2) is 9.86. The van der Waals surface area contributed by atoms with Gasteiger partial charge in [0.05, 0.1) is 23.4 Å². The average molecular weight is 443 g/mol. The van der Waals surface area contributed by atoms with E-state index in [4.69, 9.17) is 4.84 Å². The lowest BCUT2D eigenvalue weighted by atomic mass is 10.1. The molecule has 3 aromatic rings. The minimum Gasteiger partial charge on any atom is -0.352 e. The Labute approximate surface area is 182 Å². The van der Waals surface area contributed by atoms with Gasteiger partial charge in [0.25, 0.3) is 15.9 Å². The molecule has 1 aromatic heterocycles. The highest BCUT2D eigenvalue weighted by Gasteiger charge is 2.20. The van der Waals surface area contributed by atoms with Crippen LogP contribution in [0, 0.1) is 6.92 Å². The molecule has 0 bridgehead atoms. The van der Waals surface area contributed by atoms with Crippen molar-refractivity contribution in [2.24, 2.45) is 0 Å². The number of hydrogen-bond acceptors (Lipinski definition) is 5. The SMILES string of the molecule is CON(C)S(=O)(=O)c1ccc(C(=O)NCCCc2cn(-c3ccccc3)nc2C)cc1. The summed E-state index contributed by atoms with van der Waals surface area (Å²) >= 11 is 0. The van der Waals surface area contributed by atoms with Gasteiger partial charge in [-0.05, 0) is 61.7 Å². The topological polar surface area (TPSA) is 93.5 Å². The molecule has 0 atom stereocenters. The van der Waals surface area contributed by atoms with Crippen LogP contribution in [0.4, 0.5) is 0 Å². The van der Waals surface area contributed by atoms with Crippen molar-refractivity contribution in [3.8, 4) is 5.69 Å². The van der Waals surface area contributed by atoms with Crippen molar-refractivity contribution in [3.63, 3.8) is 0 Å². The van der Waals surface area contributed by atoms with Crippen molar-refractivity contribution in [1.82, 2.24) is 19.6 Å². The summed E-state index contributed by atoms with van der Waals surface area (Å²) in [6, 6.07) is 15.7. The fourth-order valence-corrected chi connectivity index (χ4v) is 4.03. The maximum Gasteiger partial charge on any atom is 0.264 e. The number of hydrogen-bond donors (Lipinski definition) is 1. The number of nitrogens with one attached hydrogen (secondary N) is 1. The number of aromatic nitrogens is 2. The summed E-state index contributed by atoms with van der Waals surface area (Å²) in [6.45, 7) is 2.48. The Morgan fingerprint density at radius 3 is 2.45 bits per heavy atom. The van der Waals surface area contributed by atoms with Crippen molar-refractivity contribution in [1.29, 1.82) is 0 Å². The molecule has 164 valence electrons. The summed E-state index contributed by atoms with van der Waals surface area (Å²) in [5, 5.41) is 7.43. The summed E-state index contributed by atoms with van der Waals surface area (Å²) < 4.78 is 27.0. The van der Waals surface area contributed by atoms with Crippen LogP contribution in [0.5, 0.6) is 0 Å². The Morgan fingerprint density at radius 1 is 1.13 bits per heavy atom. The van der Waals surface area contributed by atoms with E-state index in [-0.39, 0.29) is 10.8 Å². The van der Waals surface area contributed by atoms with E-state index in [1.165, 1.54) is 38.4 Å². The highest BCUT2D eigenvalue weighted by atomic mass is 32.2. The van der Waals surface area contributed by atoms with E-state index in [2.05, 4.69) is 10.4 Å². The minimum absolute atomic E-state index is 0.0549. The zero-order valence-electron chi connectivity index (χ0n) is 17.8. The highest BCUT2D eigenvalue weighted by Crippen LogP contribution is 2.16. The van der Waals surface area contributed by atoms with Gasteiger partial charge in [0, 0.05) is 25.4 Å². The van der Waals surface area contributed by atoms with E-state index in [9.17, 15) is 13.2 Å². The quantitative estimate of drug-likeness (QED) is 0.406. The molecule has 0 aliphatic carbocycles. The molecule has 1 amide bonds. The molecule has 31 heavy (non-hydrogen) atoms. The third-order valence-electron chi connectivity index (χ3n) is 4.94. The number of hydroxylamine groups is 1. The van der Waals surface area contributed by atoms with Gasteiger partial charge in [0.15, 0.2) is 0 Å². The van der Waals surface area contributed by atoms with Crippen LogP contribution in [0.15, 0.2) is 65.7 Å². The number of nitrogens with zero attached hydrogens (tertiary/aromatic N) is 3. The number of aryl methyl sites for hydroxylation is 2. The summed E-state index contributed by atoms with van der Waals surface area (Å²) in [4.78, 5) is 17.1. The monoisotopic (exact) mass is 442 g/mol. The summed E-state index contributed by atoms with van der Waals surface area (Å²) in [5.74, 6) is -0.249. The standard InChI is InChI=1S/C22H26N4O4S/c1-17-19(16-26(24-17)20-9-5-4-6-10-20)8-7-15-23-22(27)18-11-13-21(14-12-18)31(28,29)25(2)30-3/h4-6,9-14,16H,7-8,15H2,1-3H3,(H,23,27). The van der Waals surface area contributed by atoms with Crippen molar-refractivity contribution in [3.05, 3.63) is 77.6 Å². The maximum absolute atomic E-state index is 12.4. The van der Waals surface area contributed by atoms with Gasteiger partial charge in [-0.3, -0.25) is 9.63 Å². The number of benzene rings is 2. The molecule has 8 nitrogen and oxygen atoms in total. The third kappa shape index (κ3) is 5.38. The number of para-hydroxylation sites is 1. The lowest BCUT2D eigenvalue weighted by Crippen LogP contribution is -2.26. The first-order valence-corrected chi connectivity index (χ1v) is 11.3. The number of rotatable bonds is 9. The number of sulfonamides is 1. The molecule has 0 saturated heterocycles. The Bertz CT molecular complexity index is 1130. The van der Waals surface area contributed by atoms with Crippen LogP contribution < -0.4 is 5.32 Å². The second-order valence-electron chi connectivity index (χ2n) is 7.00. The van der Waals surface area contributed by atoms with Gasteiger partial charge in [-0.1, -0.05) is 22.7 Å². The highest BCUT2D eigenvalue weighted by molar-refractivity contribution is 7.89. The fraction of sp³-hybridized carbons (Fsp3) is 0.273. The van der Waals surface area contributed by atoms with E-state index < -0.39 is 10.0 Å².